The van der Waals surface area contributed by atoms with E-state index in [0.717, 1.165) is 4.31 Å². The van der Waals surface area contributed by atoms with Crippen molar-refractivity contribution in [3.63, 3.8) is 0 Å². The number of fused-ring (bicyclic) bond motifs is 1. The number of benzene rings is 1. The lowest BCUT2D eigenvalue weighted by Crippen LogP contribution is -2.25. The largest absolute Gasteiger partial charge is 0.467 e. The van der Waals surface area contributed by atoms with Crippen molar-refractivity contribution in [2.45, 2.75) is 17.4 Å². The number of sulfonamides is 1. The number of nitrogens with zero attached hydrogens (tertiary/aromatic N) is 1. The molecule has 0 aliphatic carbocycles. The fourth-order valence-electron chi connectivity index (χ4n) is 2.54. The van der Waals surface area contributed by atoms with Crippen molar-refractivity contribution in [1.82, 2.24) is 9.62 Å². The Bertz CT molecular complexity index is 1040. The van der Waals surface area contributed by atoms with E-state index in [-0.39, 0.29) is 23.6 Å². The molecule has 144 valence electrons. The summed E-state index contributed by atoms with van der Waals surface area (Å²) >= 11 is 0. The molecule has 0 spiro atoms. The quantitative estimate of drug-likeness (QED) is 0.637. The molecule has 3 rings (SSSR count). The van der Waals surface area contributed by atoms with E-state index >= 15 is 0 Å². The molecule has 2 N–H and O–H groups in total. The van der Waals surface area contributed by atoms with Gasteiger partial charge in [-0.1, -0.05) is 0 Å². The number of nitrogens with one attached hydrogen (secondary N) is 1. The monoisotopic (exact) mass is 392 g/mol. The molecule has 1 unspecified atom stereocenters. The Hall–Kier alpha value is -2.62. The zero-order chi connectivity index (χ0) is 19.6. The van der Waals surface area contributed by atoms with E-state index in [0.29, 0.717) is 16.7 Å². The second-order valence-corrected chi connectivity index (χ2v) is 8.33. The molecule has 1 atom stereocenters. The summed E-state index contributed by atoms with van der Waals surface area (Å²) in [7, 11) is -0.672. The number of hydrogen-bond acceptors (Lipinski definition) is 6. The van der Waals surface area contributed by atoms with Crippen LogP contribution in [0.15, 0.2) is 56.4 Å². The first-order valence-electron chi connectivity index (χ1n) is 8.25. The molecule has 9 heteroatoms. The maximum atomic E-state index is 12.2. The minimum Gasteiger partial charge on any atom is -0.467 e. The minimum absolute atomic E-state index is 0.0666. The molecule has 0 fully saturated rings. The normalized spacial score (nSPS) is 13.2. The van der Waals surface area contributed by atoms with Crippen molar-refractivity contribution in [3.8, 4) is 0 Å². The molecule has 0 radical (unpaired) electrons. The van der Waals surface area contributed by atoms with Gasteiger partial charge in [-0.15, -0.1) is 0 Å². The van der Waals surface area contributed by atoms with Gasteiger partial charge >= 0.3 is 0 Å². The molecule has 1 aromatic carbocycles. The Morgan fingerprint density at radius 3 is 2.70 bits per heavy atom. The highest BCUT2D eigenvalue weighted by Gasteiger charge is 2.19. The molecule has 3 aromatic rings. The highest BCUT2D eigenvalue weighted by atomic mass is 32.2. The highest BCUT2D eigenvalue weighted by molar-refractivity contribution is 7.89. The Balaban J connectivity index is 1.68. The Labute approximate surface area is 156 Å². The van der Waals surface area contributed by atoms with Gasteiger partial charge in [0.15, 0.2) is 5.76 Å². The van der Waals surface area contributed by atoms with Gasteiger partial charge in [-0.2, -0.15) is 0 Å². The number of hydrogen-bond donors (Lipinski definition) is 2. The van der Waals surface area contributed by atoms with Crippen LogP contribution in [-0.2, 0) is 10.0 Å². The van der Waals surface area contributed by atoms with Crippen LogP contribution < -0.4 is 5.32 Å². The van der Waals surface area contributed by atoms with Crippen molar-refractivity contribution in [3.05, 3.63) is 54.2 Å². The van der Waals surface area contributed by atoms with Crippen molar-refractivity contribution < 1.29 is 27.2 Å². The predicted octanol–water partition coefficient (Wildman–Crippen LogP) is 2.13. The number of carbonyl (C=O) groups excluding carboxylic acids is 1. The standard InChI is InChI=1S/C18H20N2O6S/c1-20(2)27(23,24)13-5-6-15-12(10-13)11-17(26-15)18(22)19-8-7-14(21)16-4-3-9-25-16/h3-6,9-11,14,21H,7-8H2,1-2H3,(H,19,22). The average Bonchev–Trinajstić information content (AvgIpc) is 3.30. The molecule has 27 heavy (non-hydrogen) atoms. The molecule has 0 aliphatic heterocycles. The summed E-state index contributed by atoms with van der Waals surface area (Å²) in [4.78, 5) is 12.4. The van der Waals surface area contributed by atoms with Crippen LogP contribution in [0.5, 0.6) is 0 Å². The Kier molecular flexibility index (Phi) is 5.36. The van der Waals surface area contributed by atoms with Crippen LogP contribution in [0, 0.1) is 0 Å². The summed E-state index contributed by atoms with van der Waals surface area (Å²) in [6.45, 7) is 0.220. The Morgan fingerprint density at radius 1 is 1.26 bits per heavy atom. The van der Waals surface area contributed by atoms with Crippen molar-refractivity contribution in [2.75, 3.05) is 20.6 Å². The van der Waals surface area contributed by atoms with Gasteiger partial charge in [0.2, 0.25) is 10.0 Å². The molecule has 0 bridgehead atoms. The third-order valence-corrected chi connectivity index (χ3v) is 5.88. The maximum Gasteiger partial charge on any atom is 0.287 e. The molecule has 2 aromatic heterocycles. The number of rotatable bonds is 7. The van der Waals surface area contributed by atoms with E-state index in [1.165, 1.54) is 44.6 Å². The SMILES string of the molecule is CN(C)S(=O)(=O)c1ccc2oc(C(=O)NCCC(O)c3ccco3)cc2c1. The number of furan rings is 2. The third-order valence-electron chi connectivity index (χ3n) is 4.07. The summed E-state index contributed by atoms with van der Waals surface area (Å²) < 4.78 is 36.1. The zero-order valence-corrected chi connectivity index (χ0v) is 15.7. The van der Waals surface area contributed by atoms with Gasteiger partial charge in [0, 0.05) is 26.0 Å². The van der Waals surface area contributed by atoms with Crippen LogP contribution in [0.4, 0.5) is 0 Å². The van der Waals surface area contributed by atoms with Crippen molar-refractivity contribution in [1.29, 1.82) is 0 Å². The van der Waals surface area contributed by atoms with Gasteiger partial charge in [0.05, 0.1) is 11.2 Å². The molecular weight excluding hydrogens is 372 g/mol. The van der Waals surface area contributed by atoms with E-state index in [4.69, 9.17) is 8.83 Å². The second-order valence-electron chi connectivity index (χ2n) is 6.17. The topological polar surface area (TPSA) is 113 Å². The van der Waals surface area contributed by atoms with Gasteiger partial charge in [0.1, 0.15) is 17.4 Å². The molecule has 1 amide bonds. The summed E-state index contributed by atoms with van der Waals surface area (Å²) in [5.74, 6) is 0.0503. The molecule has 0 saturated heterocycles. The van der Waals surface area contributed by atoms with E-state index < -0.39 is 22.0 Å². The second kappa shape index (κ2) is 7.55. The van der Waals surface area contributed by atoms with Gasteiger partial charge in [-0.3, -0.25) is 4.79 Å². The third kappa shape index (κ3) is 4.05. The molecule has 0 aliphatic rings. The van der Waals surface area contributed by atoms with Crippen LogP contribution in [0.25, 0.3) is 11.0 Å². The lowest BCUT2D eigenvalue weighted by molar-refractivity contribution is 0.0911. The number of aliphatic hydroxyl groups is 1. The van der Waals surface area contributed by atoms with Crippen LogP contribution in [0.2, 0.25) is 0 Å². The lowest BCUT2D eigenvalue weighted by atomic mass is 10.2. The highest BCUT2D eigenvalue weighted by Crippen LogP contribution is 2.24. The van der Waals surface area contributed by atoms with Gasteiger partial charge in [0.25, 0.3) is 5.91 Å². The first-order chi connectivity index (χ1) is 12.8. The summed E-state index contributed by atoms with van der Waals surface area (Å²) in [6, 6.07) is 9.24. The van der Waals surface area contributed by atoms with Crippen LogP contribution in [0.1, 0.15) is 28.8 Å². The molecule has 2 heterocycles. The van der Waals surface area contributed by atoms with E-state index in [9.17, 15) is 18.3 Å². The van der Waals surface area contributed by atoms with Crippen LogP contribution in [-0.4, -0.2) is 44.4 Å². The molecular formula is C18H20N2O6S. The van der Waals surface area contributed by atoms with Crippen molar-refractivity contribution in [2.24, 2.45) is 0 Å². The average molecular weight is 392 g/mol. The fourth-order valence-corrected chi connectivity index (χ4v) is 3.47. The molecule has 8 nitrogen and oxygen atoms in total. The summed E-state index contributed by atoms with van der Waals surface area (Å²) in [5.41, 5.74) is 0.411. The van der Waals surface area contributed by atoms with Gasteiger partial charge in [-0.25, -0.2) is 12.7 Å². The number of aliphatic hydroxyl groups excluding tert-OH is 1. The van der Waals surface area contributed by atoms with E-state index in [2.05, 4.69) is 5.32 Å². The maximum absolute atomic E-state index is 12.2. The van der Waals surface area contributed by atoms with Crippen LogP contribution >= 0.6 is 0 Å². The number of carbonyl (C=O) groups is 1. The summed E-state index contributed by atoms with van der Waals surface area (Å²) in [5, 5.41) is 13.1. The lowest BCUT2D eigenvalue weighted by Gasteiger charge is -2.10. The van der Waals surface area contributed by atoms with Crippen LogP contribution in [0.3, 0.4) is 0 Å². The smallest absolute Gasteiger partial charge is 0.287 e. The first-order valence-corrected chi connectivity index (χ1v) is 9.69. The van der Waals surface area contributed by atoms with E-state index in [1.807, 2.05) is 0 Å². The summed E-state index contributed by atoms with van der Waals surface area (Å²) in [6.07, 6.45) is 0.941. The van der Waals surface area contributed by atoms with Gasteiger partial charge < -0.3 is 19.3 Å². The predicted molar refractivity (Wildman–Crippen MR) is 97.7 cm³/mol. The number of amides is 1. The Morgan fingerprint density at radius 2 is 2.04 bits per heavy atom. The first kappa shape index (κ1) is 19.2. The van der Waals surface area contributed by atoms with Crippen molar-refractivity contribution >= 4 is 26.9 Å². The van der Waals surface area contributed by atoms with Gasteiger partial charge in [-0.05, 0) is 42.8 Å². The minimum atomic E-state index is -3.57. The zero-order valence-electron chi connectivity index (χ0n) is 14.9. The van der Waals surface area contributed by atoms with E-state index in [1.54, 1.807) is 12.1 Å². The fraction of sp³-hybridized carbons (Fsp3) is 0.278. The molecule has 0 saturated carbocycles.